The number of rotatable bonds is 6. The Morgan fingerprint density at radius 1 is 1.33 bits per heavy atom. The third kappa shape index (κ3) is 4.86. The van der Waals surface area contributed by atoms with E-state index in [1.807, 2.05) is 32.0 Å². The van der Waals surface area contributed by atoms with Gasteiger partial charge in [-0.25, -0.2) is 0 Å². The number of aryl methyl sites for hydroxylation is 2. The van der Waals surface area contributed by atoms with E-state index < -0.39 is 5.97 Å². The molecule has 5 nitrogen and oxygen atoms in total. The molecule has 0 saturated heterocycles. The highest BCUT2D eigenvalue weighted by Crippen LogP contribution is 2.18. The van der Waals surface area contributed by atoms with Crippen LogP contribution >= 0.6 is 0 Å². The summed E-state index contributed by atoms with van der Waals surface area (Å²) in [4.78, 5) is 21.5. The highest BCUT2D eigenvalue weighted by molar-refractivity contribution is 5.78. The van der Waals surface area contributed by atoms with Crippen LogP contribution in [0.2, 0.25) is 0 Å². The average molecular weight is 250 g/mol. The Balaban J connectivity index is 2.38. The second-order valence-corrected chi connectivity index (χ2v) is 4.03. The summed E-state index contributed by atoms with van der Waals surface area (Å²) in [6.07, 6.45) is -0.199. The number of aliphatic carboxylic acids is 1. The molecular formula is C13H16NO4-. The van der Waals surface area contributed by atoms with Crippen molar-refractivity contribution in [1.82, 2.24) is 5.32 Å². The van der Waals surface area contributed by atoms with E-state index in [0.717, 1.165) is 11.1 Å². The molecule has 0 aliphatic heterocycles. The molecule has 1 rings (SSSR count). The first-order valence-electron chi connectivity index (χ1n) is 5.65. The Kier molecular flexibility index (Phi) is 5.17. The van der Waals surface area contributed by atoms with Gasteiger partial charge in [-0.05, 0) is 31.0 Å². The van der Waals surface area contributed by atoms with Crippen LogP contribution in [-0.2, 0) is 9.59 Å². The minimum absolute atomic E-state index is 0.0529. The van der Waals surface area contributed by atoms with Crippen molar-refractivity contribution in [2.75, 3.05) is 13.2 Å². The molecule has 0 aromatic heterocycles. The number of hydrogen-bond acceptors (Lipinski definition) is 4. The van der Waals surface area contributed by atoms with Crippen LogP contribution in [0.15, 0.2) is 18.2 Å². The number of nitrogens with one attached hydrogen (secondary N) is 1. The lowest BCUT2D eigenvalue weighted by atomic mass is 10.1. The zero-order chi connectivity index (χ0) is 13.5. The average Bonchev–Trinajstić information content (AvgIpc) is 2.30. The molecule has 18 heavy (non-hydrogen) atoms. The van der Waals surface area contributed by atoms with Crippen LogP contribution < -0.4 is 15.2 Å². The molecule has 1 N–H and O–H groups in total. The molecule has 98 valence electrons. The monoisotopic (exact) mass is 250 g/mol. The molecule has 1 aromatic carbocycles. The van der Waals surface area contributed by atoms with Gasteiger partial charge in [-0.15, -0.1) is 0 Å². The highest BCUT2D eigenvalue weighted by Gasteiger charge is 2.04. The second-order valence-electron chi connectivity index (χ2n) is 4.03. The number of benzene rings is 1. The number of carboxylic acid groups (broad SMARTS) is 1. The summed E-state index contributed by atoms with van der Waals surface area (Å²) in [7, 11) is 0. The zero-order valence-corrected chi connectivity index (χ0v) is 10.5. The number of carboxylic acids is 1. The van der Waals surface area contributed by atoms with Gasteiger partial charge in [-0.1, -0.05) is 12.1 Å². The van der Waals surface area contributed by atoms with E-state index in [2.05, 4.69) is 5.32 Å². The maximum atomic E-state index is 11.3. The van der Waals surface area contributed by atoms with Crippen LogP contribution in [0.1, 0.15) is 17.5 Å². The fourth-order valence-corrected chi connectivity index (χ4v) is 1.36. The molecule has 0 aliphatic rings. The van der Waals surface area contributed by atoms with Crippen LogP contribution in [0.25, 0.3) is 0 Å². The van der Waals surface area contributed by atoms with Gasteiger partial charge >= 0.3 is 0 Å². The fourth-order valence-electron chi connectivity index (χ4n) is 1.36. The minimum atomic E-state index is -1.19. The zero-order valence-electron chi connectivity index (χ0n) is 10.5. The van der Waals surface area contributed by atoms with Gasteiger partial charge < -0.3 is 20.0 Å². The molecule has 0 atom stereocenters. The molecule has 0 aliphatic carbocycles. The van der Waals surface area contributed by atoms with Crippen molar-refractivity contribution >= 4 is 11.9 Å². The minimum Gasteiger partial charge on any atom is -0.550 e. The van der Waals surface area contributed by atoms with E-state index in [-0.39, 0.29) is 25.5 Å². The first-order chi connectivity index (χ1) is 8.49. The summed E-state index contributed by atoms with van der Waals surface area (Å²) in [5, 5.41) is 12.6. The third-order valence-corrected chi connectivity index (χ3v) is 2.35. The van der Waals surface area contributed by atoms with E-state index in [9.17, 15) is 14.7 Å². The fraction of sp³-hybridized carbons (Fsp3) is 0.385. The van der Waals surface area contributed by atoms with Gasteiger partial charge in [0, 0.05) is 18.9 Å². The predicted molar refractivity (Wildman–Crippen MR) is 64.0 cm³/mol. The number of carbonyl (C=O) groups is 2. The van der Waals surface area contributed by atoms with Crippen LogP contribution in [-0.4, -0.2) is 25.0 Å². The van der Waals surface area contributed by atoms with E-state index in [1.165, 1.54) is 0 Å². The van der Waals surface area contributed by atoms with Gasteiger partial charge in [0.15, 0.2) is 6.61 Å². The lowest BCUT2D eigenvalue weighted by Crippen LogP contribution is -2.33. The number of amides is 1. The van der Waals surface area contributed by atoms with Gasteiger partial charge in [0.1, 0.15) is 5.75 Å². The van der Waals surface area contributed by atoms with E-state index in [4.69, 9.17) is 4.74 Å². The first kappa shape index (κ1) is 14.0. The SMILES string of the molecule is Cc1ccc(C)c(OCC(=O)NCCC(=O)[O-])c1. The standard InChI is InChI=1S/C13H17NO4/c1-9-3-4-10(2)11(7-9)18-8-12(15)14-6-5-13(16)17/h3-4,7H,5-6,8H2,1-2H3,(H,14,15)(H,16,17)/p-1. The number of ether oxygens (including phenoxy) is 1. The molecule has 0 spiro atoms. The van der Waals surface area contributed by atoms with E-state index in [0.29, 0.717) is 5.75 Å². The van der Waals surface area contributed by atoms with Crippen LogP contribution in [0, 0.1) is 13.8 Å². The highest BCUT2D eigenvalue weighted by atomic mass is 16.5. The maximum Gasteiger partial charge on any atom is 0.257 e. The summed E-state index contributed by atoms with van der Waals surface area (Å²) in [5.74, 6) is -0.882. The van der Waals surface area contributed by atoms with Crippen LogP contribution in [0.5, 0.6) is 5.75 Å². The van der Waals surface area contributed by atoms with Crippen molar-refractivity contribution in [3.63, 3.8) is 0 Å². The first-order valence-corrected chi connectivity index (χ1v) is 5.65. The predicted octanol–water partition coefficient (Wildman–Crippen LogP) is -0.0616. The van der Waals surface area contributed by atoms with Crippen molar-refractivity contribution in [2.45, 2.75) is 20.3 Å². The van der Waals surface area contributed by atoms with E-state index >= 15 is 0 Å². The summed E-state index contributed by atoms with van der Waals surface area (Å²) >= 11 is 0. The van der Waals surface area contributed by atoms with Gasteiger partial charge in [-0.2, -0.15) is 0 Å². The largest absolute Gasteiger partial charge is 0.550 e. The number of hydrogen-bond donors (Lipinski definition) is 1. The van der Waals surface area contributed by atoms with Gasteiger partial charge in [0.25, 0.3) is 5.91 Å². The summed E-state index contributed by atoms with van der Waals surface area (Å²) in [5.41, 5.74) is 2.00. The van der Waals surface area contributed by atoms with Crippen molar-refractivity contribution in [2.24, 2.45) is 0 Å². The lowest BCUT2D eigenvalue weighted by Gasteiger charge is -2.10. The lowest BCUT2D eigenvalue weighted by molar-refractivity contribution is -0.305. The van der Waals surface area contributed by atoms with Crippen molar-refractivity contribution in [3.8, 4) is 5.75 Å². The number of carbonyl (C=O) groups excluding carboxylic acids is 2. The summed E-state index contributed by atoms with van der Waals surface area (Å²) in [6.45, 7) is 3.75. The van der Waals surface area contributed by atoms with Gasteiger partial charge in [0.05, 0.1) is 0 Å². The molecular weight excluding hydrogens is 234 g/mol. The molecule has 1 aromatic rings. The van der Waals surface area contributed by atoms with E-state index in [1.54, 1.807) is 0 Å². The summed E-state index contributed by atoms with van der Waals surface area (Å²) < 4.78 is 5.36. The molecule has 0 unspecified atom stereocenters. The molecule has 5 heteroatoms. The third-order valence-electron chi connectivity index (χ3n) is 2.35. The van der Waals surface area contributed by atoms with Crippen LogP contribution in [0.3, 0.4) is 0 Å². The van der Waals surface area contributed by atoms with Crippen molar-refractivity contribution in [1.29, 1.82) is 0 Å². The quantitative estimate of drug-likeness (QED) is 0.767. The normalized spacial score (nSPS) is 9.89. The molecule has 0 radical (unpaired) electrons. The molecule has 0 fully saturated rings. The molecule has 0 saturated carbocycles. The van der Waals surface area contributed by atoms with Crippen molar-refractivity contribution < 1.29 is 19.4 Å². The Labute approximate surface area is 106 Å². The Hall–Kier alpha value is -2.04. The van der Waals surface area contributed by atoms with Crippen molar-refractivity contribution in [3.05, 3.63) is 29.3 Å². The smallest absolute Gasteiger partial charge is 0.257 e. The molecule has 0 heterocycles. The second kappa shape index (κ2) is 6.64. The maximum absolute atomic E-state index is 11.3. The molecule has 0 bridgehead atoms. The topological polar surface area (TPSA) is 78.5 Å². The van der Waals surface area contributed by atoms with Crippen LogP contribution in [0.4, 0.5) is 0 Å². The van der Waals surface area contributed by atoms with Gasteiger partial charge in [-0.3, -0.25) is 4.79 Å². The Bertz CT molecular complexity index is 443. The Morgan fingerprint density at radius 3 is 2.72 bits per heavy atom. The molecule has 1 amide bonds. The van der Waals surface area contributed by atoms with Gasteiger partial charge in [0.2, 0.25) is 0 Å². The summed E-state index contributed by atoms with van der Waals surface area (Å²) in [6, 6.07) is 5.73. The Morgan fingerprint density at radius 2 is 2.06 bits per heavy atom.